The monoisotopic (exact) mass is 574 g/mol. The Kier molecular flexibility index (Phi) is 8.36. The van der Waals surface area contributed by atoms with Crippen LogP contribution in [0.15, 0.2) is 59.6 Å². The fourth-order valence-corrected chi connectivity index (χ4v) is 7.37. The Morgan fingerprint density at radius 2 is 1.76 bits per heavy atom. The van der Waals surface area contributed by atoms with E-state index in [2.05, 4.69) is 40.6 Å². The maximum Gasteiger partial charge on any atom is 0.225 e. The molecular weight excluding hydrogens is 549 g/mol. The minimum Gasteiger partial charge on any atom is -0.383 e. The second-order valence-corrected chi connectivity index (χ2v) is 12.0. The van der Waals surface area contributed by atoms with Crippen LogP contribution < -0.4 is 11.1 Å². The molecule has 1 aliphatic carbocycles. The molecule has 0 saturated carbocycles. The predicted molar refractivity (Wildman–Crippen MR) is 162 cm³/mol. The zero-order valence-corrected chi connectivity index (χ0v) is 24.0. The van der Waals surface area contributed by atoms with Crippen LogP contribution in [-0.2, 0) is 17.6 Å². The van der Waals surface area contributed by atoms with Crippen LogP contribution in [-0.4, -0.2) is 16.6 Å². The minimum absolute atomic E-state index is 0.0469. The number of nitrogens with zero attached hydrogens (tertiary/aromatic N) is 4. The van der Waals surface area contributed by atoms with Gasteiger partial charge < -0.3 is 11.1 Å². The third kappa shape index (κ3) is 5.81. The number of nitrogen functional groups attached to an aromatic ring is 1. The summed E-state index contributed by atoms with van der Waals surface area (Å²) < 4.78 is 0. The van der Waals surface area contributed by atoms with Crippen LogP contribution in [0.2, 0.25) is 0 Å². The molecule has 1 unspecified atom stereocenters. The second-order valence-electron chi connectivity index (χ2n) is 9.83. The second kappa shape index (κ2) is 12.3. The number of aromatic nitrogens is 1. The fraction of sp³-hybridized carbons (Fsp3) is 0.219. The molecule has 1 aliphatic rings. The molecule has 0 spiro atoms. The number of hydrogen-bond acceptors (Lipinski definition) is 8. The minimum atomic E-state index is -0.217. The largest absolute Gasteiger partial charge is 0.383 e. The number of thioether (sulfide) groups is 1. The molecule has 2 aromatic heterocycles. The van der Waals surface area contributed by atoms with Gasteiger partial charge in [-0.2, -0.15) is 15.8 Å². The van der Waals surface area contributed by atoms with E-state index < -0.39 is 0 Å². The lowest BCUT2D eigenvalue weighted by molar-refractivity contribution is -0.115. The number of amides is 1. The van der Waals surface area contributed by atoms with Crippen LogP contribution in [0.4, 0.5) is 10.8 Å². The highest BCUT2D eigenvalue weighted by Gasteiger charge is 2.27. The average Bonchev–Trinajstić information content (AvgIpc) is 3.33. The number of rotatable bonds is 7. The summed E-state index contributed by atoms with van der Waals surface area (Å²) in [6, 6.07) is 24.5. The number of hydrogen-bond donors (Lipinski definition) is 2. The smallest absolute Gasteiger partial charge is 0.225 e. The Morgan fingerprint density at radius 1 is 1.05 bits per heavy atom. The molecule has 0 aliphatic heterocycles. The van der Waals surface area contributed by atoms with Crippen LogP contribution >= 0.6 is 23.1 Å². The normalized spacial score (nSPS) is 13.9. The van der Waals surface area contributed by atoms with Crippen molar-refractivity contribution in [1.82, 2.24) is 4.98 Å². The first kappa shape index (κ1) is 27.9. The Hall–Kier alpha value is -4.62. The van der Waals surface area contributed by atoms with Gasteiger partial charge in [0, 0.05) is 22.6 Å². The van der Waals surface area contributed by atoms with Crippen LogP contribution in [0.5, 0.6) is 0 Å². The lowest BCUT2D eigenvalue weighted by atomic mass is 9.83. The number of carbonyl (C=O) groups is 1. The van der Waals surface area contributed by atoms with Gasteiger partial charge >= 0.3 is 0 Å². The van der Waals surface area contributed by atoms with Crippen molar-refractivity contribution in [3.05, 3.63) is 92.9 Å². The number of nitrogens with one attached hydrogen (secondary N) is 1. The molecule has 0 radical (unpaired) electrons. The average molecular weight is 575 g/mol. The molecule has 3 N–H and O–H groups in total. The molecule has 0 saturated heterocycles. The van der Waals surface area contributed by atoms with E-state index in [1.165, 1.54) is 28.7 Å². The number of aryl methyl sites for hydroxylation is 1. The highest BCUT2D eigenvalue weighted by Crippen LogP contribution is 2.42. The standard InChI is InChI=1S/C32H26N6OS2/c1-19-7-9-21(10-8-19)29-25(17-34)30(36)38-31(26(29)18-35)40-14-13-28(39)37-32-24(16-33)23-12-11-22(15-27(23)41-32)20-5-3-2-4-6-20/h2-10,22H,11-15H2,1H3,(H2,36,38)(H,37,39). The number of nitriles is 3. The van der Waals surface area contributed by atoms with E-state index in [1.807, 2.05) is 49.4 Å². The van der Waals surface area contributed by atoms with Gasteiger partial charge in [-0.1, -0.05) is 60.2 Å². The van der Waals surface area contributed by atoms with E-state index in [-0.39, 0.29) is 29.3 Å². The van der Waals surface area contributed by atoms with Crippen molar-refractivity contribution in [3.63, 3.8) is 0 Å². The van der Waals surface area contributed by atoms with E-state index in [9.17, 15) is 20.6 Å². The van der Waals surface area contributed by atoms with Crippen LogP contribution in [0, 0.1) is 40.9 Å². The number of carbonyl (C=O) groups excluding carboxylic acids is 1. The predicted octanol–water partition coefficient (Wildman–Crippen LogP) is 6.71. The first-order valence-electron chi connectivity index (χ1n) is 13.2. The SMILES string of the molecule is Cc1ccc(-c2c(C#N)c(N)nc(SCCC(=O)Nc3sc4c(c3C#N)CCC(c3ccccc3)C4)c2C#N)cc1. The molecule has 2 heterocycles. The van der Waals surface area contributed by atoms with E-state index in [4.69, 9.17) is 5.73 Å². The van der Waals surface area contributed by atoms with Crippen molar-refractivity contribution >= 4 is 39.8 Å². The van der Waals surface area contributed by atoms with Crippen LogP contribution in [0.3, 0.4) is 0 Å². The zero-order valence-electron chi connectivity index (χ0n) is 22.4. The first-order valence-corrected chi connectivity index (χ1v) is 15.0. The Labute approximate surface area is 247 Å². The third-order valence-electron chi connectivity index (χ3n) is 7.22. The molecule has 1 atom stereocenters. The first-order chi connectivity index (χ1) is 19.9. The summed E-state index contributed by atoms with van der Waals surface area (Å²) in [6.45, 7) is 1.96. The fourth-order valence-electron chi connectivity index (χ4n) is 5.14. The Bertz CT molecular complexity index is 1740. The highest BCUT2D eigenvalue weighted by molar-refractivity contribution is 7.99. The zero-order chi connectivity index (χ0) is 28.9. The molecule has 7 nitrogen and oxygen atoms in total. The van der Waals surface area contributed by atoms with E-state index in [0.29, 0.717) is 38.4 Å². The number of pyridine rings is 1. The summed E-state index contributed by atoms with van der Waals surface area (Å²) in [5, 5.41) is 33.5. The van der Waals surface area contributed by atoms with Gasteiger partial charge in [-0.3, -0.25) is 4.79 Å². The van der Waals surface area contributed by atoms with E-state index in [0.717, 1.165) is 35.3 Å². The third-order valence-corrected chi connectivity index (χ3v) is 9.37. The van der Waals surface area contributed by atoms with Gasteiger partial charge in [0.1, 0.15) is 39.6 Å². The van der Waals surface area contributed by atoms with Gasteiger partial charge in [-0.25, -0.2) is 4.98 Å². The summed E-state index contributed by atoms with van der Waals surface area (Å²) in [4.78, 5) is 18.4. The Morgan fingerprint density at radius 3 is 2.44 bits per heavy atom. The van der Waals surface area contributed by atoms with E-state index in [1.54, 1.807) is 0 Å². The van der Waals surface area contributed by atoms with Gasteiger partial charge in [0.2, 0.25) is 5.91 Å². The van der Waals surface area contributed by atoms with Gasteiger partial charge in [-0.15, -0.1) is 23.1 Å². The summed E-state index contributed by atoms with van der Waals surface area (Å²) in [5.41, 5.74) is 11.7. The molecule has 0 fully saturated rings. The number of anilines is 2. The van der Waals surface area contributed by atoms with Gasteiger partial charge in [0.15, 0.2) is 0 Å². The van der Waals surface area contributed by atoms with Gasteiger partial charge in [0.25, 0.3) is 0 Å². The lowest BCUT2D eigenvalue weighted by Gasteiger charge is -2.22. The topological polar surface area (TPSA) is 139 Å². The molecule has 5 rings (SSSR count). The quantitative estimate of drug-likeness (QED) is 0.234. The van der Waals surface area contributed by atoms with Gasteiger partial charge in [-0.05, 0) is 48.8 Å². The molecule has 1 amide bonds. The number of benzene rings is 2. The van der Waals surface area contributed by atoms with Crippen molar-refractivity contribution in [2.45, 2.75) is 43.6 Å². The van der Waals surface area contributed by atoms with Crippen molar-refractivity contribution in [1.29, 1.82) is 15.8 Å². The molecule has 0 bridgehead atoms. The number of thiophene rings is 1. The molecule has 4 aromatic rings. The molecular formula is C32H26N6OS2. The maximum absolute atomic E-state index is 12.9. The van der Waals surface area contributed by atoms with Crippen LogP contribution in [0.25, 0.3) is 11.1 Å². The summed E-state index contributed by atoms with van der Waals surface area (Å²) in [6.07, 6.45) is 2.79. The summed E-state index contributed by atoms with van der Waals surface area (Å²) in [7, 11) is 0. The summed E-state index contributed by atoms with van der Waals surface area (Å²) >= 11 is 2.74. The van der Waals surface area contributed by atoms with Gasteiger partial charge in [0.05, 0.1) is 11.1 Å². The van der Waals surface area contributed by atoms with E-state index >= 15 is 0 Å². The van der Waals surface area contributed by atoms with Crippen molar-refractivity contribution in [2.75, 3.05) is 16.8 Å². The summed E-state index contributed by atoms with van der Waals surface area (Å²) in [5.74, 6) is 0.576. The highest BCUT2D eigenvalue weighted by atomic mass is 32.2. The molecule has 41 heavy (non-hydrogen) atoms. The Balaban J connectivity index is 1.29. The number of fused-ring (bicyclic) bond motifs is 1. The molecule has 202 valence electrons. The van der Waals surface area contributed by atoms with Crippen molar-refractivity contribution < 1.29 is 4.79 Å². The van der Waals surface area contributed by atoms with Crippen molar-refractivity contribution in [2.24, 2.45) is 0 Å². The maximum atomic E-state index is 12.9. The van der Waals surface area contributed by atoms with Crippen molar-refractivity contribution in [3.8, 4) is 29.3 Å². The number of nitrogens with two attached hydrogens (primary N) is 1. The molecule has 2 aromatic carbocycles. The van der Waals surface area contributed by atoms with Crippen LogP contribution in [0.1, 0.15) is 57.0 Å². The molecule has 9 heteroatoms. The lowest BCUT2D eigenvalue weighted by Crippen LogP contribution is -2.13.